The number of nitrogens with one attached hydrogen (secondary N) is 1. The molecule has 11 heteroatoms. The van der Waals surface area contributed by atoms with Crippen molar-refractivity contribution < 1.29 is 27.5 Å². The average Bonchev–Trinajstić information content (AvgIpc) is 3.23. The van der Waals surface area contributed by atoms with Crippen molar-refractivity contribution in [2.24, 2.45) is 0 Å². The van der Waals surface area contributed by atoms with Gasteiger partial charge in [-0.1, -0.05) is 30.3 Å². The van der Waals surface area contributed by atoms with Gasteiger partial charge in [0.05, 0.1) is 36.7 Å². The Balaban J connectivity index is 1.47. The van der Waals surface area contributed by atoms with E-state index in [-0.39, 0.29) is 24.9 Å². The zero-order valence-electron chi connectivity index (χ0n) is 18.5. The van der Waals surface area contributed by atoms with E-state index in [0.29, 0.717) is 30.1 Å². The van der Waals surface area contributed by atoms with Crippen molar-refractivity contribution in [2.45, 2.75) is 32.7 Å². The van der Waals surface area contributed by atoms with Gasteiger partial charge in [-0.15, -0.1) is 0 Å². The van der Waals surface area contributed by atoms with E-state index >= 15 is 0 Å². The molecule has 0 unspecified atom stereocenters. The number of rotatable bonds is 4. The molecular formula is C23H22F3N5O3. The first-order valence-electron chi connectivity index (χ1n) is 10.5. The number of aromatic nitrogens is 2. The van der Waals surface area contributed by atoms with Crippen LogP contribution in [0.4, 0.5) is 34.1 Å². The van der Waals surface area contributed by atoms with E-state index in [4.69, 9.17) is 4.74 Å². The first kappa shape index (κ1) is 23.1. The highest BCUT2D eigenvalue weighted by atomic mass is 19.2. The first-order valence-corrected chi connectivity index (χ1v) is 10.5. The Labute approximate surface area is 193 Å². The van der Waals surface area contributed by atoms with E-state index in [1.807, 2.05) is 30.3 Å². The van der Waals surface area contributed by atoms with Crippen LogP contribution < -0.4 is 10.2 Å². The van der Waals surface area contributed by atoms with Crippen molar-refractivity contribution in [3.8, 4) is 0 Å². The molecule has 0 aliphatic carbocycles. The topological polar surface area (TPSA) is 79.7 Å². The number of anilines is 2. The Morgan fingerprint density at radius 2 is 1.85 bits per heavy atom. The summed E-state index contributed by atoms with van der Waals surface area (Å²) in [7, 11) is 1.54. The molecule has 0 spiro atoms. The van der Waals surface area contributed by atoms with Crippen LogP contribution in [0.5, 0.6) is 0 Å². The van der Waals surface area contributed by atoms with Crippen LogP contribution in [0, 0.1) is 17.5 Å². The Hall–Kier alpha value is -4.02. The van der Waals surface area contributed by atoms with Gasteiger partial charge in [0, 0.05) is 24.9 Å². The summed E-state index contributed by atoms with van der Waals surface area (Å²) >= 11 is 0. The van der Waals surface area contributed by atoms with E-state index in [1.54, 1.807) is 11.6 Å². The maximum atomic E-state index is 13.5. The van der Waals surface area contributed by atoms with Gasteiger partial charge in [-0.2, -0.15) is 5.10 Å². The molecule has 8 nitrogen and oxygen atoms in total. The van der Waals surface area contributed by atoms with Gasteiger partial charge in [0.25, 0.3) is 0 Å². The second-order valence-electron chi connectivity index (χ2n) is 7.92. The number of carbonyl (C=O) groups excluding carboxylic acids is 2. The number of nitrogens with zero attached hydrogens (tertiary/aromatic N) is 4. The lowest BCUT2D eigenvalue weighted by Gasteiger charge is -2.34. The number of ether oxygens (including phenoxy) is 1. The molecule has 0 saturated carbocycles. The van der Waals surface area contributed by atoms with Crippen LogP contribution >= 0.6 is 0 Å². The molecular weight excluding hydrogens is 451 g/mol. The number of urea groups is 1. The highest BCUT2D eigenvalue weighted by molar-refractivity contribution is 5.90. The number of hydrogen-bond donors (Lipinski definition) is 1. The van der Waals surface area contributed by atoms with Crippen LogP contribution in [-0.4, -0.2) is 39.9 Å². The molecule has 34 heavy (non-hydrogen) atoms. The highest BCUT2D eigenvalue weighted by Gasteiger charge is 2.31. The smallest absolute Gasteiger partial charge is 0.414 e. The molecule has 1 aromatic heterocycles. The van der Waals surface area contributed by atoms with Gasteiger partial charge in [-0.05, 0) is 12.5 Å². The van der Waals surface area contributed by atoms with Crippen molar-refractivity contribution >= 4 is 23.5 Å². The van der Waals surface area contributed by atoms with Gasteiger partial charge in [0.15, 0.2) is 17.5 Å². The number of fused-ring (bicyclic) bond motifs is 1. The van der Waals surface area contributed by atoms with Crippen LogP contribution in [0.3, 0.4) is 0 Å². The van der Waals surface area contributed by atoms with E-state index in [2.05, 4.69) is 10.4 Å². The van der Waals surface area contributed by atoms with Crippen molar-refractivity contribution in [3.05, 3.63) is 77.4 Å². The van der Waals surface area contributed by atoms with Gasteiger partial charge in [-0.3, -0.25) is 9.58 Å². The van der Waals surface area contributed by atoms with Gasteiger partial charge >= 0.3 is 12.1 Å². The minimum Gasteiger partial charge on any atom is -0.444 e. The van der Waals surface area contributed by atoms with Gasteiger partial charge in [0.1, 0.15) is 6.61 Å². The molecule has 0 saturated heterocycles. The molecule has 2 aromatic carbocycles. The van der Waals surface area contributed by atoms with Crippen molar-refractivity contribution in [3.63, 3.8) is 0 Å². The third kappa shape index (κ3) is 4.68. The van der Waals surface area contributed by atoms with Crippen molar-refractivity contribution in [1.29, 1.82) is 0 Å². The fraction of sp³-hybridized carbons (Fsp3) is 0.261. The minimum atomic E-state index is -1.61. The van der Waals surface area contributed by atoms with Gasteiger partial charge in [0.2, 0.25) is 0 Å². The molecule has 1 aliphatic heterocycles. The van der Waals surface area contributed by atoms with E-state index < -0.39 is 29.6 Å². The molecule has 4 rings (SSSR count). The number of halogens is 3. The van der Waals surface area contributed by atoms with Gasteiger partial charge < -0.3 is 15.0 Å². The largest absolute Gasteiger partial charge is 0.444 e. The highest BCUT2D eigenvalue weighted by Crippen LogP contribution is 2.28. The summed E-state index contributed by atoms with van der Waals surface area (Å²) in [6.07, 6.45) is 0.921. The predicted molar refractivity (Wildman–Crippen MR) is 118 cm³/mol. The Bertz CT molecular complexity index is 1190. The van der Waals surface area contributed by atoms with Gasteiger partial charge in [-0.25, -0.2) is 22.8 Å². The Morgan fingerprint density at radius 3 is 2.53 bits per heavy atom. The van der Waals surface area contributed by atoms with E-state index in [1.165, 1.54) is 23.0 Å². The molecule has 178 valence electrons. The molecule has 3 aromatic rings. The third-order valence-electron chi connectivity index (χ3n) is 5.55. The normalized spacial score (nSPS) is 15.0. The van der Waals surface area contributed by atoms with Crippen LogP contribution in [-0.2, 0) is 24.4 Å². The fourth-order valence-corrected chi connectivity index (χ4v) is 3.68. The zero-order valence-corrected chi connectivity index (χ0v) is 18.5. The SMILES string of the molecule is C[C@H]1Cn2ncc(N(C)C(=O)OCc3ccccc3)c2CN1C(=O)Nc1cc(F)c(F)c(F)c1. The minimum absolute atomic E-state index is 0.0742. The number of hydrogen-bond acceptors (Lipinski definition) is 4. The van der Waals surface area contributed by atoms with Crippen LogP contribution in [0.2, 0.25) is 0 Å². The molecule has 1 atom stereocenters. The lowest BCUT2D eigenvalue weighted by atomic mass is 10.2. The first-order chi connectivity index (χ1) is 16.2. The Kier molecular flexibility index (Phi) is 6.44. The molecule has 0 radical (unpaired) electrons. The monoisotopic (exact) mass is 473 g/mol. The number of amides is 3. The fourth-order valence-electron chi connectivity index (χ4n) is 3.68. The molecule has 2 heterocycles. The standard InChI is InChI=1S/C23H22F3N5O3/c1-14-11-31-20(12-30(14)22(32)28-16-8-17(24)21(26)18(25)9-16)19(10-27-31)29(2)23(33)34-13-15-6-4-3-5-7-15/h3-10,14H,11-13H2,1-2H3,(H,28,32)/t14-/m0/s1. The summed E-state index contributed by atoms with van der Waals surface area (Å²) in [6, 6.07) is 9.69. The summed E-state index contributed by atoms with van der Waals surface area (Å²) in [5.74, 6) is -4.42. The summed E-state index contributed by atoms with van der Waals surface area (Å²) in [5, 5.41) is 6.70. The lowest BCUT2D eigenvalue weighted by molar-refractivity contribution is 0.148. The summed E-state index contributed by atoms with van der Waals surface area (Å²) < 4.78 is 47.3. The van der Waals surface area contributed by atoms with Crippen molar-refractivity contribution in [1.82, 2.24) is 14.7 Å². The van der Waals surface area contributed by atoms with E-state index in [9.17, 15) is 22.8 Å². The third-order valence-corrected chi connectivity index (χ3v) is 5.55. The molecule has 3 amide bonds. The second kappa shape index (κ2) is 9.46. The van der Waals surface area contributed by atoms with Crippen molar-refractivity contribution in [2.75, 3.05) is 17.3 Å². The predicted octanol–water partition coefficient (Wildman–Crippen LogP) is 4.51. The average molecular weight is 473 g/mol. The molecule has 1 aliphatic rings. The number of carbonyl (C=O) groups is 2. The van der Waals surface area contributed by atoms with E-state index in [0.717, 1.165) is 5.56 Å². The molecule has 0 fully saturated rings. The maximum Gasteiger partial charge on any atom is 0.414 e. The van der Waals surface area contributed by atoms with Crippen LogP contribution in [0.25, 0.3) is 0 Å². The molecule has 1 N–H and O–H groups in total. The maximum absolute atomic E-state index is 13.5. The lowest BCUT2D eigenvalue weighted by Crippen LogP contribution is -2.47. The summed E-state index contributed by atoms with van der Waals surface area (Å²) in [5.41, 5.74) is 1.67. The van der Waals surface area contributed by atoms with Crippen LogP contribution in [0.1, 0.15) is 18.2 Å². The summed E-state index contributed by atoms with van der Waals surface area (Å²) in [4.78, 5) is 28.2. The second-order valence-corrected chi connectivity index (χ2v) is 7.92. The zero-order chi connectivity index (χ0) is 24.4. The van der Waals surface area contributed by atoms with Crippen LogP contribution in [0.15, 0.2) is 48.7 Å². The quantitative estimate of drug-likeness (QED) is 0.566. The number of benzene rings is 2. The summed E-state index contributed by atoms with van der Waals surface area (Å²) in [6.45, 7) is 2.30. The Morgan fingerprint density at radius 1 is 1.18 bits per heavy atom. The molecule has 0 bridgehead atoms.